The predicted octanol–water partition coefficient (Wildman–Crippen LogP) is 2.91. The molecule has 0 fully saturated rings. The highest BCUT2D eigenvalue weighted by molar-refractivity contribution is 7.09. The maximum absolute atomic E-state index is 11.0. The lowest BCUT2D eigenvalue weighted by Crippen LogP contribution is -2.20. The highest BCUT2D eigenvalue weighted by atomic mass is 32.1. The van der Waals surface area contributed by atoms with Gasteiger partial charge in [0.25, 0.3) is 0 Å². The molecule has 1 aromatic carbocycles. The Morgan fingerprint density at radius 1 is 1.06 bits per heavy atom. The molecule has 1 amide bonds. The average molecular weight is 231 g/mol. The van der Waals surface area contributed by atoms with Gasteiger partial charge in [-0.3, -0.25) is 4.79 Å². The Hall–Kier alpha value is -1.61. The Morgan fingerprint density at radius 2 is 1.88 bits per heavy atom. The van der Waals surface area contributed by atoms with Gasteiger partial charge in [0.1, 0.15) is 0 Å². The average Bonchev–Trinajstić information content (AvgIpc) is 2.82. The Labute approximate surface area is 99.1 Å². The van der Waals surface area contributed by atoms with Gasteiger partial charge in [-0.2, -0.15) is 0 Å². The Kier molecular flexibility index (Phi) is 3.72. The second-order valence-corrected chi connectivity index (χ2v) is 4.61. The standard InChI is InChI=1S/C13H13NOS/c15-11-14(10-13-7-4-8-16-13)9-12-5-2-1-3-6-12/h1-8,11H,9-10H2. The lowest BCUT2D eigenvalue weighted by molar-refractivity contribution is -0.119. The summed E-state index contributed by atoms with van der Waals surface area (Å²) in [6.45, 7) is 1.36. The van der Waals surface area contributed by atoms with E-state index in [1.165, 1.54) is 4.88 Å². The number of amides is 1. The van der Waals surface area contributed by atoms with E-state index in [9.17, 15) is 4.79 Å². The van der Waals surface area contributed by atoms with E-state index in [1.54, 1.807) is 16.2 Å². The molecule has 0 saturated heterocycles. The SMILES string of the molecule is O=CN(Cc1ccccc1)Cc1cccs1. The van der Waals surface area contributed by atoms with Crippen LogP contribution >= 0.6 is 11.3 Å². The third-order valence-electron chi connectivity index (χ3n) is 2.32. The molecule has 1 aromatic heterocycles. The van der Waals surface area contributed by atoms with E-state index in [-0.39, 0.29) is 0 Å². The number of hydrogen-bond acceptors (Lipinski definition) is 2. The van der Waals surface area contributed by atoms with Crippen molar-refractivity contribution < 1.29 is 4.79 Å². The van der Waals surface area contributed by atoms with Crippen molar-refractivity contribution in [1.82, 2.24) is 4.90 Å². The van der Waals surface area contributed by atoms with Gasteiger partial charge in [-0.05, 0) is 17.0 Å². The molecule has 2 nitrogen and oxygen atoms in total. The zero-order chi connectivity index (χ0) is 11.2. The first-order valence-electron chi connectivity index (χ1n) is 5.14. The van der Waals surface area contributed by atoms with Crippen molar-refractivity contribution in [3.8, 4) is 0 Å². The van der Waals surface area contributed by atoms with Gasteiger partial charge in [-0.25, -0.2) is 0 Å². The summed E-state index contributed by atoms with van der Waals surface area (Å²) in [6.07, 6.45) is 0.909. The largest absolute Gasteiger partial charge is 0.336 e. The van der Waals surface area contributed by atoms with Gasteiger partial charge in [0.2, 0.25) is 6.41 Å². The molecular formula is C13H13NOS. The summed E-state index contributed by atoms with van der Waals surface area (Å²) >= 11 is 1.68. The molecule has 0 spiro atoms. The molecule has 0 saturated carbocycles. The normalized spacial score (nSPS) is 10.0. The van der Waals surface area contributed by atoms with Crippen molar-refractivity contribution in [1.29, 1.82) is 0 Å². The first kappa shape index (κ1) is 10.9. The van der Waals surface area contributed by atoms with Crippen LogP contribution in [0.25, 0.3) is 0 Å². The van der Waals surface area contributed by atoms with Gasteiger partial charge in [0, 0.05) is 11.4 Å². The van der Waals surface area contributed by atoms with Crippen LogP contribution in [0.3, 0.4) is 0 Å². The fraction of sp³-hybridized carbons (Fsp3) is 0.154. The topological polar surface area (TPSA) is 20.3 Å². The second-order valence-electron chi connectivity index (χ2n) is 3.58. The van der Waals surface area contributed by atoms with Gasteiger partial charge in [0.05, 0.1) is 6.54 Å². The van der Waals surface area contributed by atoms with Gasteiger partial charge in [-0.1, -0.05) is 36.4 Å². The van der Waals surface area contributed by atoms with Crippen LogP contribution in [0, 0.1) is 0 Å². The highest BCUT2D eigenvalue weighted by Gasteiger charge is 2.04. The molecule has 0 radical (unpaired) electrons. The first-order chi connectivity index (χ1) is 7.88. The van der Waals surface area contributed by atoms with Crippen molar-refractivity contribution in [2.75, 3.05) is 0 Å². The molecule has 3 heteroatoms. The first-order valence-corrected chi connectivity index (χ1v) is 6.02. The summed E-state index contributed by atoms with van der Waals surface area (Å²) in [5.74, 6) is 0. The van der Waals surface area contributed by atoms with E-state index in [0.717, 1.165) is 12.0 Å². The predicted molar refractivity (Wildman–Crippen MR) is 66.1 cm³/mol. The van der Waals surface area contributed by atoms with Crippen molar-refractivity contribution in [3.05, 3.63) is 58.3 Å². The Bertz CT molecular complexity index is 424. The molecule has 0 N–H and O–H groups in total. The van der Waals surface area contributed by atoms with Crippen LogP contribution in [0.2, 0.25) is 0 Å². The molecule has 0 aliphatic rings. The molecule has 0 atom stereocenters. The van der Waals surface area contributed by atoms with Crippen molar-refractivity contribution in [2.24, 2.45) is 0 Å². The smallest absolute Gasteiger partial charge is 0.210 e. The van der Waals surface area contributed by atoms with Gasteiger partial charge >= 0.3 is 0 Å². The van der Waals surface area contributed by atoms with E-state index in [4.69, 9.17) is 0 Å². The molecular weight excluding hydrogens is 218 g/mol. The Balaban J connectivity index is 1.99. The van der Waals surface area contributed by atoms with E-state index >= 15 is 0 Å². The van der Waals surface area contributed by atoms with Crippen molar-refractivity contribution >= 4 is 17.7 Å². The summed E-state index contributed by atoms with van der Waals surface area (Å²) in [7, 11) is 0. The van der Waals surface area contributed by atoms with Crippen molar-refractivity contribution in [3.63, 3.8) is 0 Å². The maximum Gasteiger partial charge on any atom is 0.210 e. The summed E-state index contributed by atoms with van der Waals surface area (Å²) in [6, 6.07) is 14.1. The zero-order valence-corrected chi connectivity index (χ0v) is 9.69. The van der Waals surface area contributed by atoms with Crippen LogP contribution < -0.4 is 0 Å². The van der Waals surface area contributed by atoms with Gasteiger partial charge < -0.3 is 4.90 Å². The lowest BCUT2D eigenvalue weighted by atomic mass is 10.2. The van der Waals surface area contributed by atoms with Crippen LogP contribution in [-0.2, 0) is 17.9 Å². The lowest BCUT2D eigenvalue weighted by Gasteiger charge is -2.16. The molecule has 16 heavy (non-hydrogen) atoms. The maximum atomic E-state index is 11.0. The number of rotatable bonds is 5. The van der Waals surface area contributed by atoms with Crippen molar-refractivity contribution in [2.45, 2.75) is 13.1 Å². The summed E-state index contributed by atoms with van der Waals surface area (Å²) in [4.78, 5) is 14.0. The summed E-state index contributed by atoms with van der Waals surface area (Å²) in [5.41, 5.74) is 1.16. The monoisotopic (exact) mass is 231 g/mol. The number of benzene rings is 1. The third kappa shape index (κ3) is 2.94. The van der Waals surface area contributed by atoms with Crippen LogP contribution in [0.5, 0.6) is 0 Å². The second kappa shape index (κ2) is 5.47. The minimum atomic E-state index is 0.669. The van der Waals surface area contributed by atoms with Crippen LogP contribution in [0.15, 0.2) is 47.8 Å². The van der Waals surface area contributed by atoms with Gasteiger partial charge in [0.15, 0.2) is 0 Å². The van der Waals surface area contributed by atoms with E-state index in [0.29, 0.717) is 13.1 Å². The number of thiophene rings is 1. The molecule has 0 aliphatic carbocycles. The quantitative estimate of drug-likeness (QED) is 0.724. The third-order valence-corrected chi connectivity index (χ3v) is 3.18. The number of hydrogen-bond donors (Lipinski definition) is 0. The van der Waals surface area contributed by atoms with E-state index < -0.39 is 0 Å². The summed E-state index contributed by atoms with van der Waals surface area (Å²) < 4.78 is 0. The fourth-order valence-corrected chi connectivity index (χ4v) is 2.28. The Morgan fingerprint density at radius 3 is 2.50 bits per heavy atom. The fourth-order valence-electron chi connectivity index (χ4n) is 1.55. The van der Waals surface area contributed by atoms with Gasteiger partial charge in [-0.15, -0.1) is 11.3 Å². The van der Waals surface area contributed by atoms with E-state index in [2.05, 4.69) is 0 Å². The molecule has 1 heterocycles. The molecule has 0 unspecified atom stereocenters. The van der Waals surface area contributed by atoms with E-state index in [1.807, 2.05) is 47.8 Å². The molecule has 2 aromatic rings. The molecule has 0 bridgehead atoms. The minimum Gasteiger partial charge on any atom is -0.336 e. The number of carbonyl (C=O) groups excluding carboxylic acids is 1. The van der Waals surface area contributed by atoms with Crippen LogP contribution in [-0.4, -0.2) is 11.3 Å². The minimum absolute atomic E-state index is 0.669. The highest BCUT2D eigenvalue weighted by Crippen LogP contribution is 2.12. The molecule has 82 valence electrons. The molecule has 0 aliphatic heterocycles. The number of nitrogens with zero attached hydrogens (tertiary/aromatic N) is 1. The number of carbonyl (C=O) groups is 1. The molecule has 2 rings (SSSR count). The summed E-state index contributed by atoms with van der Waals surface area (Å²) in [5, 5.41) is 2.03. The zero-order valence-electron chi connectivity index (χ0n) is 8.87. The van der Waals surface area contributed by atoms with Crippen LogP contribution in [0.4, 0.5) is 0 Å². The van der Waals surface area contributed by atoms with Crippen LogP contribution in [0.1, 0.15) is 10.4 Å².